The average molecular weight is 344 g/mol. The molecule has 2 amide bonds. The highest BCUT2D eigenvalue weighted by Crippen LogP contribution is 2.23. The third-order valence-corrected chi connectivity index (χ3v) is 5.09. The zero-order valence-corrected chi connectivity index (χ0v) is 14.6. The summed E-state index contributed by atoms with van der Waals surface area (Å²) in [6.45, 7) is 2.01. The summed E-state index contributed by atoms with van der Waals surface area (Å²) in [7, 11) is 1.60. The molecule has 0 spiro atoms. The molecule has 2 heterocycles. The van der Waals surface area contributed by atoms with Gasteiger partial charge in [0, 0.05) is 37.5 Å². The largest absolute Gasteiger partial charge is 0.497 e. The van der Waals surface area contributed by atoms with Crippen molar-refractivity contribution in [3.63, 3.8) is 0 Å². The molecule has 1 aromatic rings. The van der Waals surface area contributed by atoms with Gasteiger partial charge in [0.25, 0.3) is 0 Å². The Labute approximate surface area is 147 Å². The topological polar surface area (TPSA) is 66.9 Å². The molecule has 0 saturated carbocycles. The number of hydrogen-bond acceptors (Lipinski definition) is 4. The van der Waals surface area contributed by atoms with Gasteiger partial charge in [0.15, 0.2) is 5.78 Å². The van der Waals surface area contributed by atoms with Gasteiger partial charge >= 0.3 is 0 Å². The maximum absolute atomic E-state index is 12.6. The molecule has 134 valence electrons. The summed E-state index contributed by atoms with van der Waals surface area (Å²) in [4.78, 5) is 40.0. The summed E-state index contributed by atoms with van der Waals surface area (Å²) in [6.07, 6.45) is 2.73. The minimum Gasteiger partial charge on any atom is -0.497 e. The molecule has 0 radical (unpaired) electrons. The minimum absolute atomic E-state index is 0.00871. The Balaban J connectivity index is 1.51. The molecule has 25 heavy (non-hydrogen) atoms. The van der Waals surface area contributed by atoms with Crippen LogP contribution in [0.15, 0.2) is 24.3 Å². The number of nitrogens with zero attached hydrogens (tertiary/aromatic N) is 2. The van der Waals surface area contributed by atoms with Crippen LogP contribution in [0.1, 0.15) is 36.0 Å². The summed E-state index contributed by atoms with van der Waals surface area (Å²) < 4.78 is 5.11. The van der Waals surface area contributed by atoms with Gasteiger partial charge in [0.1, 0.15) is 5.75 Å². The molecule has 6 heteroatoms. The summed E-state index contributed by atoms with van der Waals surface area (Å²) in [5.41, 5.74) is 0.688. The molecule has 2 fully saturated rings. The van der Waals surface area contributed by atoms with Crippen molar-refractivity contribution in [1.82, 2.24) is 9.80 Å². The van der Waals surface area contributed by atoms with Gasteiger partial charge in [-0.05, 0) is 43.5 Å². The first-order valence-corrected chi connectivity index (χ1v) is 8.82. The molecule has 2 saturated heterocycles. The van der Waals surface area contributed by atoms with Crippen molar-refractivity contribution in [3.05, 3.63) is 29.8 Å². The van der Waals surface area contributed by atoms with Crippen molar-refractivity contribution < 1.29 is 19.1 Å². The number of piperidine rings is 1. The molecule has 0 aromatic heterocycles. The lowest BCUT2D eigenvalue weighted by Gasteiger charge is -2.32. The van der Waals surface area contributed by atoms with Gasteiger partial charge in [-0.15, -0.1) is 0 Å². The number of carbonyl (C=O) groups is 3. The van der Waals surface area contributed by atoms with E-state index >= 15 is 0 Å². The second-order valence-corrected chi connectivity index (χ2v) is 6.67. The standard InChI is InChI=1S/C19H24N2O4/c1-25-16-6-4-14(5-7-16)19(24)15-8-11-20(12-9-15)18(23)13-21-10-2-3-17(21)22/h4-7,15H,2-3,8-13H2,1H3. The fraction of sp³-hybridized carbons (Fsp3) is 0.526. The quantitative estimate of drug-likeness (QED) is 0.763. The minimum atomic E-state index is -0.0501. The fourth-order valence-electron chi connectivity index (χ4n) is 3.52. The maximum atomic E-state index is 12.6. The van der Waals surface area contributed by atoms with Gasteiger partial charge in [0.2, 0.25) is 11.8 Å². The Morgan fingerprint density at radius 2 is 1.80 bits per heavy atom. The number of ketones is 1. The molecule has 1 aromatic carbocycles. The van der Waals surface area contributed by atoms with Crippen molar-refractivity contribution in [1.29, 1.82) is 0 Å². The van der Waals surface area contributed by atoms with E-state index in [0.717, 1.165) is 12.2 Å². The molecule has 6 nitrogen and oxygen atoms in total. The van der Waals surface area contributed by atoms with Crippen molar-refractivity contribution in [2.24, 2.45) is 5.92 Å². The second kappa shape index (κ2) is 7.68. The van der Waals surface area contributed by atoms with Crippen molar-refractivity contribution >= 4 is 17.6 Å². The average Bonchev–Trinajstić information content (AvgIpc) is 3.06. The van der Waals surface area contributed by atoms with E-state index in [-0.39, 0.29) is 30.1 Å². The zero-order chi connectivity index (χ0) is 17.8. The van der Waals surface area contributed by atoms with Crippen molar-refractivity contribution in [2.75, 3.05) is 33.3 Å². The first-order chi connectivity index (χ1) is 12.1. The van der Waals surface area contributed by atoms with E-state index in [4.69, 9.17) is 4.74 Å². The lowest BCUT2D eigenvalue weighted by Crippen LogP contribution is -2.45. The fourth-order valence-corrected chi connectivity index (χ4v) is 3.52. The summed E-state index contributed by atoms with van der Waals surface area (Å²) in [6, 6.07) is 7.16. The number of ether oxygens (including phenoxy) is 1. The van der Waals surface area contributed by atoms with Crippen LogP contribution in [0.2, 0.25) is 0 Å². The number of Topliss-reactive ketones (excluding diaryl/α,β-unsaturated/α-hetero) is 1. The molecule has 0 aliphatic carbocycles. The van der Waals surface area contributed by atoms with Crippen LogP contribution < -0.4 is 4.74 Å². The van der Waals surface area contributed by atoms with Crippen LogP contribution in [0.3, 0.4) is 0 Å². The molecule has 3 rings (SSSR count). The third-order valence-electron chi connectivity index (χ3n) is 5.09. The van der Waals surface area contributed by atoms with Crippen LogP contribution in [-0.4, -0.2) is 60.7 Å². The first-order valence-electron chi connectivity index (χ1n) is 8.82. The summed E-state index contributed by atoms with van der Waals surface area (Å²) in [5.74, 6) is 0.868. The second-order valence-electron chi connectivity index (χ2n) is 6.67. The Morgan fingerprint density at radius 3 is 2.36 bits per heavy atom. The lowest BCUT2D eigenvalue weighted by molar-refractivity contribution is -0.139. The van der Waals surface area contributed by atoms with E-state index in [1.807, 2.05) is 0 Å². The number of likely N-dealkylation sites (tertiary alicyclic amines) is 2. The van der Waals surface area contributed by atoms with E-state index in [1.54, 1.807) is 41.2 Å². The Kier molecular flexibility index (Phi) is 5.36. The maximum Gasteiger partial charge on any atom is 0.242 e. The van der Waals surface area contributed by atoms with Gasteiger partial charge in [0.05, 0.1) is 13.7 Å². The number of hydrogen-bond donors (Lipinski definition) is 0. The van der Waals surface area contributed by atoms with Gasteiger partial charge < -0.3 is 14.5 Å². The van der Waals surface area contributed by atoms with E-state index in [2.05, 4.69) is 0 Å². The summed E-state index contributed by atoms with van der Waals surface area (Å²) >= 11 is 0. The van der Waals surface area contributed by atoms with Crippen LogP contribution in [0.4, 0.5) is 0 Å². The third kappa shape index (κ3) is 4.00. The molecule has 0 bridgehead atoms. The number of carbonyl (C=O) groups excluding carboxylic acids is 3. The molecule has 2 aliphatic rings. The highest BCUT2D eigenvalue weighted by Gasteiger charge is 2.30. The van der Waals surface area contributed by atoms with Crippen LogP contribution in [0.25, 0.3) is 0 Å². The molecular formula is C19H24N2O4. The van der Waals surface area contributed by atoms with Gasteiger partial charge in [-0.1, -0.05) is 0 Å². The van der Waals surface area contributed by atoms with Crippen molar-refractivity contribution in [2.45, 2.75) is 25.7 Å². The van der Waals surface area contributed by atoms with Gasteiger partial charge in [-0.25, -0.2) is 0 Å². The van der Waals surface area contributed by atoms with E-state index < -0.39 is 0 Å². The predicted octanol–water partition coefficient (Wildman–Crippen LogP) is 1.74. The van der Waals surface area contributed by atoms with Crippen LogP contribution in [0.5, 0.6) is 5.75 Å². The first kappa shape index (κ1) is 17.5. The Hall–Kier alpha value is -2.37. The number of methoxy groups -OCH3 is 1. The molecule has 0 atom stereocenters. The number of rotatable bonds is 5. The Bertz CT molecular complexity index is 648. The van der Waals surface area contributed by atoms with E-state index in [1.165, 1.54) is 0 Å². The van der Waals surface area contributed by atoms with E-state index in [0.29, 0.717) is 44.5 Å². The normalized spacial score (nSPS) is 18.5. The predicted molar refractivity (Wildman–Crippen MR) is 92.4 cm³/mol. The van der Waals surface area contributed by atoms with Crippen molar-refractivity contribution in [3.8, 4) is 5.75 Å². The lowest BCUT2D eigenvalue weighted by atomic mass is 9.89. The molecule has 2 aliphatic heterocycles. The Morgan fingerprint density at radius 1 is 1.12 bits per heavy atom. The molecule has 0 N–H and O–H groups in total. The van der Waals surface area contributed by atoms with Crippen LogP contribution in [-0.2, 0) is 9.59 Å². The van der Waals surface area contributed by atoms with Gasteiger partial charge in [-0.2, -0.15) is 0 Å². The van der Waals surface area contributed by atoms with E-state index in [9.17, 15) is 14.4 Å². The molecule has 0 unspecified atom stereocenters. The highest BCUT2D eigenvalue weighted by atomic mass is 16.5. The number of benzene rings is 1. The number of amides is 2. The molecular weight excluding hydrogens is 320 g/mol. The zero-order valence-electron chi connectivity index (χ0n) is 14.6. The van der Waals surface area contributed by atoms with Crippen LogP contribution in [0, 0.1) is 5.92 Å². The monoisotopic (exact) mass is 344 g/mol. The highest BCUT2D eigenvalue weighted by molar-refractivity contribution is 5.98. The SMILES string of the molecule is COc1ccc(C(=O)C2CCN(C(=O)CN3CCCC3=O)CC2)cc1. The van der Waals surface area contributed by atoms with Gasteiger partial charge in [-0.3, -0.25) is 14.4 Å². The van der Waals surface area contributed by atoms with Crippen LogP contribution >= 0.6 is 0 Å². The smallest absolute Gasteiger partial charge is 0.242 e. The summed E-state index contributed by atoms with van der Waals surface area (Å²) in [5, 5.41) is 0.